The van der Waals surface area contributed by atoms with Gasteiger partial charge in [-0.25, -0.2) is 9.97 Å². The number of rotatable bonds is 6. The van der Waals surface area contributed by atoms with Crippen molar-refractivity contribution in [2.24, 2.45) is 0 Å². The average molecular weight is 666 g/mol. The largest absolute Gasteiger partial charge is 0.455 e. The highest BCUT2D eigenvalue weighted by molar-refractivity contribution is 6.17. The third kappa shape index (κ3) is 5.09. The van der Waals surface area contributed by atoms with Crippen LogP contribution in [0.3, 0.4) is 0 Å². The molecule has 0 N–H and O–H groups in total. The number of anilines is 3. The van der Waals surface area contributed by atoms with Gasteiger partial charge in [-0.15, -0.1) is 0 Å². The molecule has 0 atom stereocenters. The van der Waals surface area contributed by atoms with Gasteiger partial charge in [-0.3, -0.25) is 0 Å². The molecule has 0 spiro atoms. The Morgan fingerprint density at radius 2 is 1.00 bits per heavy atom. The van der Waals surface area contributed by atoms with Gasteiger partial charge < -0.3 is 9.32 Å². The van der Waals surface area contributed by atoms with Crippen molar-refractivity contribution in [1.29, 1.82) is 0 Å². The lowest BCUT2D eigenvalue weighted by molar-refractivity contribution is 0.670. The standard InChI is InChI=1S/C48H31N3O/c1-3-14-34(15-4-1)46-47(50-43-21-11-10-20-42(43)49-46)41-30-29-39(48-45(41)40-19-9-12-22-44(40)52-48)33-24-26-37(27-25-33)51(36-17-5-2-6-18-36)38-28-23-32-13-7-8-16-35(32)31-38/h1-31H. The van der Waals surface area contributed by atoms with E-state index in [-0.39, 0.29) is 0 Å². The summed E-state index contributed by atoms with van der Waals surface area (Å²) in [5.74, 6) is 0. The Bertz CT molecular complexity index is 2900. The second-order valence-electron chi connectivity index (χ2n) is 13.0. The lowest BCUT2D eigenvalue weighted by Gasteiger charge is -2.26. The number of hydrogen-bond acceptors (Lipinski definition) is 4. The van der Waals surface area contributed by atoms with Crippen LogP contribution in [0.15, 0.2) is 192 Å². The molecule has 0 bridgehead atoms. The Morgan fingerprint density at radius 1 is 0.404 bits per heavy atom. The highest BCUT2D eigenvalue weighted by Gasteiger charge is 2.22. The first-order valence-electron chi connectivity index (χ1n) is 17.5. The summed E-state index contributed by atoms with van der Waals surface area (Å²) in [6.45, 7) is 0. The Morgan fingerprint density at radius 3 is 1.79 bits per heavy atom. The Kier molecular flexibility index (Phi) is 7.10. The normalized spacial score (nSPS) is 11.5. The van der Waals surface area contributed by atoms with Gasteiger partial charge in [0.2, 0.25) is 0 Å². The van der Waals surface area contributed by atoms with Crippen LogP contribution in [0.2, 0.25) is 0 Å². The second kappa shape index (κ2) is 12.4. The van der Waals surface area contributed by atoms with Crippen LogP contribution >= 0.6 is 0 Å². The summed E-state index contributed by atoms with van der Waals surface area (Å²) in [6, 6.07) is 65.4. The monoisotopic (exact) mass is 665 g/mol. The molecule has 4 nitrogen and oxygen atoms in total. The maximum absolute atomic E-state index is 6.73. The highest BCUT2D eigenvalue weighted by Crippen LogP contribution is 2.44. The Hall–Kier alpha value is -7.04. The van der Waals surface area contributed by atoms with Crippen LogP contribution in [0, 0.1) is 0 Å². The molecule has 0 saturated heterocycles. The fraction of sp³-hybridized carbons (Fsp3) is 0. The summed E-state index contributed by atoms with van der Waals surface area (Å²) in [7, 11) is 0. The quantitative estimate of drug-likeness (QED) is 0.177. The van der Waals surface area contributed by atoms with E-state index in [0.29, 0.717) is 0 Å². The molecule has 52 heavy (non-hydrogen) atoms. The predicted octanol–water partition coefficient (Wildman–Crippen LogP) is 13.2. The average Bonchev–Trinajstić information content (AvgIpc) is 3.61. The van der Waals surface area contributed by atoms with Crippen molar-refractivity contribution in [2.45, 2.75) is 0 Å². The van der Waals surface area contributed by atoms with Gasteiger partial charge in [0.15, 0.2) is 0 Å². The first-order valence-corrected chi connectivity index (χ1v) is 17.5. The van der Waals surface area contributed by atoms with E-state index >= 15 is 0 Å². The van der Waals surface area contributed by atoms with Crippen LogP contribution in [-0.4, -0.2) is 9.97 Å². The van der Waals surface area contributed by atoms with Gasteiger partial charge >= 0.3 is 0 Å². The molecule has 0 unspecified atom stereocenters. The molecule has 0 aliphatic rings. The van der Waals surface area contributed by atoms with E-state index in [1.54, 1.807) is 0 Å². The molecule has 244 valence electrons. The molecule has 0 aliphatic heterocycles. The lowest BCUT2D eigenvalue weighted by atomic mass is 9.94. The van der Waals surface area contributed by atoms with E-state index in [2.05, 4.69) is 138 Å². The zero-order valence-corrected chi connectivity index (χ0v) is 28.1. The maximum Gasteiger partial charge on any atom is 0.143 e. The molecule has 8 aromatic carbocycles. The van der Waals surface area contributed by atoms with Crippen molar-refractivity contribution in [3.8, 4) is 33.6 Å². The van der Waals surface area contributed by atoms with Crippen molar-refractivity contribution in [2.75, 3.05) is 4.90 Å². The Balaban J connectivity index is 1.14. The Labute approximate surface area is 300 Å². The van der Waals surface area contributed by atoms with Crippen LogP contribution in [0.4, 0.5) is 17.1 Å². The molecule has 2 aromatic heterocycles. The van der Waals surface area contributed by atoms with E-state index in [4.69, 9.17) is 14.4 Å². The van der Waals surface area contributed by atoms with Gasteiger partial charge in [-0.2, -0.15) is 0 Å². The molecular weight excluding hydrogens is 635 g/mol. The predicted molar refractivity (Wildman–Crippen MR) is 215 cm³/mol. The molecular formula is C48H31N3O. The van der Waals surface area contributed by atoms with Gasteiger partial charge in [0.25, 0.3) is 0 Å². The summed E-state index contributed by atoms with van der Waals surface area (Å²) in [5.41, 5.74) is 12.4. The maximum atomic E-state index is 6.73. The zero-order chi connectivity index (χ0) is 34.4. The van der Waals surface area contributed by atoms with Crippen LogP contribution in [0.1, 0.15) is 0 Å². The van der Waals surface area contributed by atoms with E-state index in [9.17, 15) is 0 Å². The second-order valence-corrected chi connectivity index (χ2v) is 13.0. The van der Waals surface area contributed by atoms with Crippen LogP contribution in [0.25, 0.3) is 77.4 Å². The van der Waals surface area contributed by atoms with Gasteiger partial charge in [-0.1, -0.05) is 127 Å². The van der Waals surface area contributed by atoms with Crippen LogP contribution in [-0.2, 0) is 0 Å². The fourth-order valence-electron chi connectivity index (χ4n) is 7.37. The molecule has 0 amide bonds. The van der Waals surface area contributed by atoms with E-state index < -0.39 is 0 Å². The molecule has 0 fully saturated rings. The SMILES string of the molecule is c1ccc(-c2nc3ccccc3nc2-c2ccc(-c3ccc(N(c4ccccc4)c4ccc5ccccc5c4)cc3)c3oc4ccccc4c23)cc1. The first-order chi connectivity index (χ1) is 25.8. The number of para-hydroxylation sites is 4. The number of nitrogens with zero attached hydrogens (tertiary/aromatic N) is 3. The minimum atomic E-state index is 0.829. The molecule has 0 saturated carbocycles. The van der Waals surface area contributed by atoms with Gasteiger partial charge in [0, 0.05) is 44.5 Å². The summed E-state index contributed by atoms with van der Waals surface area (Å²) in [4.78, 5) is 12.7. The van der Waals surface area contributed by atoms with E-state index in [1.807, 2.05) is 54.6 Å². The van der Waals surface area contributed by atoms with Crippen molar-refractivity contribution >= 4 is 60.8 Å². The van der Waals surface area contributed by atoms with Gasteiger partial charge in [0.05, 0.1) is 22.4 Å². The van der Waals surface area contributed by atoms with Crippen molar-refractivity contribution < 1.29 is 4.42 Å². The molecule has 0 aliphatic carbocycles. The lowest BCUT2D eigenvalue weighted by Crippen LogP contribution is -2.09. The number of benzene rings is 8. The van der Waals surface area contributed by atoms with Crippen LogP contribution < -0.4 is 4.90 Å². The minimum absolute atomic E-state index is 0.829. The highest BCUT2D eigenvalue weighted by atomic mass is 16.3. The summed E-state index contributed by atoms with van der Waals surface area (Å²) < 4.78 is 6.73. The third-order valence-corrected chi connectivity index (χ3v) is 9.84. The minimum Gasteiger partial charge on any atom is -0.455 e. The molecule has 10 rings (SSSR count). The summed E-state index contributed by atoms with van der Waals surface area (Å²) >= 11 is 0. The number of fused-ring (bicyclic) bond motifs is 5. The van der Waals surface area contributed by atoms with Crippen molar-refractivity contribution in [1.82, 2.24) is 9.97 Å². The number of aromatic nitrogens is 2. The van der Waals surface area contributed by atoms with Gasteiger partial charge in [0.1, 0.15) is 11.2 Å². The van der Waals surface area contributed by atoms with Gasteiger partial charge in [-0.05, 0) is 77.0 Å². The van der Waals surface area contributed by atoms with Crippen LogP contribution in [0.5, 0.6) is 0 Å². The fourth-order valence-corrected chi connectivity index (χ4v) is 7.37. The number of hydrogen-bond donors (Lipinski definition) is 0. The molecule has 10 aromatic rings. The van der Waals surface area contributed by atoms with E-state index in [0.717, 1.165) is 83.7 Å². The molecule has 4 heteroatoms. The topological polar surface area (TPSA) is 42.2 Å². The van der Waals surface area contributed by atoms with Crippen molar-refractivity contribution in [3.05, 3.63) is 188 Å². The molecule has 2 heterocycles. The third-order valence-electron chi connectivity index (χ3n) is 9.84. The zero-order valence-electron chi connectivity index (χ0n) is 28.1. The molecule has 0 radical (unpaired) electrons. The van der Waals surface area contributed by atoms with E-state index in [1.165, 1.54) is 10.8 Å². The van der Waals surface area contributed by atoms with Crippen molar-refractivity contribution in [3.63, 3.8) is 0 Å². The number of furan rings is 1. The summed E-state index contributed by atoms with van der Waals surface area (Å²) in [5, 5.41) is 4.50. The summed E-state index contributed by atoms with van der Waals surface area (Å²) in [6.07, 6.45) is 0. The smallest absolute Gasteiger partial charge is 0.143 e. The first kappa shape index (κ1) is 29.8.